The molecule has 1 N–H and O–H groups in total. The third-order valence-corrected chi connectivity index (χ3v) is 3.25. The molecule has 0 amide bonds. The molecule has 1 heterocycles. The third-order valence-electron chi connectivity index (χ3n) is 2.34. The fourth-order valence-electron chi connectivity index (χ4n) is 1.37. The molecule has 0 saturated heterocycles. The van der Waals surface area contributed by atoms with Gasteiger partial charge < -0.3 is 10.1 Å². The first-order valence-corrected chi connectivity index (χ1v) is 6.61. The summed E-state index contributed by atoms with van der Waals surface area (Å²) in [5, 5.41) is 13.4. The van der Waals surface area contributed by atoms with Crippen LogP contribution in [0.15, 0.2) is 22.8 Å². The molecule has 1 aromatic carbocycles. The molecule has 0 aliphatic rings. The minimum absolute atomic E-state index is 0.000697. The zero-order chi connectivity index (χ0) is 15.6. The number of nitrogens with one attached hydrogen (secondary N) is 1. The van der Waals surface area contributed by atoms with Crippen LogP contribution in [-0.2, 0) is 0 Å². The Kier molecular flexibility index (Phi) is 4.53. The zero-order valence-corrected chi connectivity index (χ0v) is 12.8. The Hall–Kier alpha value is -2.00. The van der Waals surface area contributed by atoms with Gasteiger partial charge in [-0.25, -0.2) is 9.37 Å². The van der Waals surface area contributed by atoms with Crippen molar-refractivity contribution in [2.45, 2.75) is 0 Å². The van der Waals surface area contributed by atoms with Crippen molar-refractivity contribution in [3.05, 3.63) is 43.8 Å². The van der Waals surface area contributed by atoms with Gasteiger partial charge in [-0.05, 0) is 22.0 Å². The van der Waals surface area contributed by atoms with E-state index in [4.69, 9.17) is 16.3 Å². The Morgan fingerprint density at radius 2 is 2.24 bits per heavy atom. The molecular weight excluding hydrogens is 371 g/mol. The second-order valence-corrected chi connectivity index (χ2v) is 4.95. The summed E-state index contributed by atoms with van der Waals surface area (Å²) in [5.41, 5.74) is -0.448. The van der Waals surface area contributed by atoms with Gasteiger partial charge in [-0.3, -0.25) is 10.1 Å². The molecule has 0 spiro atoms. The first-order chi connectivity index (χ1) is 9.92. The Bertz CT molecular complexity index is 716. The molecule has 0 atom stereocenters. The maximum Gasteiger partial charge on any atom is 0.349 e. The summed E-state index contributed by atoms with van der Waals surface area (Å²) < 4.78 is 19.1. The van der Waals surface area contributed by atoms with Crippen molar-refractivity contribution in [1.29, 1.82) is 0 Å². The van der Waals surface area contributed by atoms with Gasteiger partial charge in [0, 0.05) is 13.1 Å². The highest BCUT2D eigenvalue weighted by atomic mass is 79.9. The van der Waals surface area contributed by atoms with Crippen molar-refractivity contribution in [1.82, 2.24) is 9.97 Å². The molecule has 110 valence electrons. The minimum Gasteiger partial charge on any atom is -0.432 e. The van der Waals surface area contributed by atoms with Crippen LogP contribution >= 0.6 is 27.5 Å². The maximum absolute atomic E-state index is 13.5. The molecule has 1 aromatic heterocycles. The Labute approximate surface area is 131 Å². The fraction of sp³-hybridized carbons (Fsp3) is 0.0909. The van der Waals surface area contributed by atoms with Crippen molar-refractivity contribution in [2.75, 3.05) is 12.4 Å². The molecule has 21 heavy (non-hydrogen) atoms. The van der Waals surface area contributed by atoms with Crippen LogP contribution in [0.4, 0.5) is 16.0 Å². The Balaban J connectivity index is 2.47. The Morgan fingerprint density at radius 3 is 2.86 bits per heavy atom. The van der Waals surface area contributed by atoms with Gasteiger partial charge in [0.2, 0.25) is 5.95 Å². The van der Waals surface area contributed by atoms with E-state index >= 15 is 0 Å². The molecule has 0 fully saturated rings. The molecule has 0 aliphatic heterocycles. The Morgan fingerprint density at radius 1 is 1.52 bits per heavy atom. The largest absolute Gasteiger partial charge is 0.432 e. The van der Waals surface area contributed by atoms with Gasteiger partial charge in [0.15, 0.2) is 0 Å². The average Bonchev–Trinajstić information content (AvgIpc) is 2.44. The third kappa shape index (κ3) is 3.37. The van der Waals surface area contributed by atoms with Gasteiger partial charge in [-0.2, -0.15) is 4.98 Å². The lowest BCUT2D eigenvalue weighted by Crippen LogP contribution is -2.02. The predicted molar refractivity (Wildman–Crippen MR) is 77.4 cm³/mol. The lowest BCUT2D eigenvalue weighted by Gasteiger charge is -2.09. The number of nitrogens with zero attached hydrogens (tertiary/aromatic N) is 3. The number of aromatic nitrogens is 2. The van der Waals surface area contributed by atoms with Crippen LogP contribution in [0.5, 0.6) is 11.6 Å². The normalized spacial score (nSPS) is 10.3. The SMILES string of the molecule is CNc1ncc([N+](=O)[O-])c(Oc2cc(F)c(Cl)cc2Br)n1. The van der Waals surface area contributed by atoms with Crippen LogP contribution in [0, 0.1) is 15.9 Å². The number of rotatable bonds is 4. The first kappa shape index (κ1) is 15.4. The molecule has 10 heteroatoms. The van der Waals surface area contributed by atoms with Crippen molar-refractivity contribution in [3.8, 4) is 11.6 Å². The summed E-state index contributed by atoms with van der Waals surface area (Å²) in [6.07, 6.45) is 0.994. The van der Waals surface area contributed by atoms with Crippen molar-refractivity contribution < 1.29 is 14.1 Å². The highest BCUT2D eigenvalue weighted by molar-refractivity contribution is 9.10. The van der Waals surface area contributed by atoms with Crippen LogP contribution in [-0.4, -0.2) is 21.9 Å². The molecule has 0 aliphatic carbocycles. The standard InChI is InChI=1S/C11H7BrClFN4O3/c1-15-11-16-4-8(18(19)20)10(17-11)21-9-3-7(14)6(13)2-5(9)12/h2-4H,1H3,(H,15,16,17). The quantitative estimate of drug-likeness (QED) is 0.495. The van der Waals surface area contributed by atoms with Crippen molar-refractivity contribution in [3.63, 3.8) is 0 Å². The van der Waals surface area contributed by atoms with Crippen LogP contribution < -0.4 is 10.1 Å². The number of hydrogen-bond donors (Lipinski definition) is 1. The number of hydrogen-bond acceptors (Lipinski definition) is 6. The summed E-state index contributed by atoms with van der Waals surface area (Å²) >= 11 is 8.74. The number of halogens is 3. The summed E-state index contributed by atoms with van der Waals surface area (Å²) in [6, 6.07) is 2.27. The van der Waals surface area contributed by atoms with E-state index in [1.165, 1.54) is 6.07 Å². The van der Waals surface area contributed by atoms with Crippen LogP contribution in [0.2, 0.25) is 5.02 Å². The summed E-state index contributed by atoms with van der Waals surface area (Å²) in [5.74, 6) is -0.913. The highest BCUT2D eigenvalue weighted by Gasteiger charge is 2.21. The minimum atomic E-state index is -0.722. The summed E-state index contributed by atoms with van der Waals surface area (Å²) in [7, 11) is 1.54. The van der Waals surface area contributed by atoms with Gasteiger partial charge in [-0.15, -0.1) is 0 Å². The lowest BCUT2D eigenvalue weighted by molar-refractivity contribution is -0.386. The molecule has 7 nitrogen and oxygen atoms in total. The molecule has 2 aromatic rings. The molecule has 0 saturated carbocycles. The first-order valence-electron chi connectivity index (χ1n) is 5.44. The summed E-state index contributed by atoms with van der Waals surface area (Å²) in [4.78, 5) is 17.8. The lowest BCUT2D eigenvalue weighted by atomic mass is 10.3. The van der Waals surface area contributed by atoms with E-state index < -0.39 is 16.4 Å². The molecular formula is C11H7BrClFN4O3. The zero-order valence-electron chi connectivity index (χ0n) is 10.4. The van der Waals surface area contributed by atoms with E-state index in [9.17, 15) is 14.5 Å². The second kappa shape index (κ2) is 6.19. The van der Waals surface area contributed by atoms with E-state index in [1.54, 1.807) is 7.05 Å². The van der Waals surface area contributed by atoms with E-state index in [-0.39, 0.29) is 22.6 Å². The van der Waals surface area contributed by atoms with E-state index in [0.717, 1.165) is 12.3 Å². The van der Waals surface area contributed by atoms with Gasteiger partial charge in [0.05, 0.1) is 14.4 Å². The molecule has 2 rings (SSSR count). The van der Waals surface area contributed by atoms with Gasteiger partial charge >= 0.3 is 11.6 Å². The smallest absolute Gasteiger partial charge is 0.349 e. The average molecular weight is 378 g/mol. The van der Waals surface area contributed by atoms with Crippen LogP contribution in [0.25, 0.3) is 0 Å². The van der Waals surface area contributed by atoms with Gasteiger partial charge in [0.25, 0.3) is 0 Å². The molecule has 0 bridgehead atoms. The van der Waals surface area contributed by atoms with E-state index in [0.29, 0.717) is 4.47 Å². The number of benzene rings is 1. The monoisotopic (exact) mass is 376 g/mol. The van der Waals surface area contributed by atoms with E-state index in [2.05, 4.69) is 31.2 Å². The van der Waals surface area contributed by atoms with Gasteiger partial charge in [-0.1, -0.05) is 11.6 Å². The maximum atomic E-state index is 13.5. The van der Waals surface area contributed by atoms with Crippen molar-refractivity contribution in [2.24, 2.45) is 0 Å². The van der Waals surface area contributed by atoms with Crippen LogP contribution in [0.3, 0.4) is 0 Å². The molecule has 0 unspecified atom stereocenters. The number of ether oxygens (including phenoxy) is 1. The summed E-state index contributed by atoms with van der Waals surface area (Å²) in [6.45, 7) is 0. The predicted octanol–water partition coefficient (Wildman–Crippen LogP) is 3.77. The fourth-order valence-corrected chi connectivity index (χ4v) is 2.09. The number of nitro groups is 1. The molecule has 0 radical (unpaired) electrons. The topological polar surface area (TPSA) is 90.2 Å². The second-order valence-electron chi connectivity index (χ2n) is 3.69. The van der Waals surface area contributed by atoms with Gasteiger partial charge in [0.1, 0.15) is 17.8 Å². The van der Waals surface area contributed by atoms with E-state index in [1.807, 2.05) is 0 Å². The number of anilines is 1. The van der Waals surface area contributed by atoms with Crippen molar-refractivity contribution >= 4 is 39.2 Å². The highest BCUT2D eigenvalue weighted by Crippen LogP contribution is 2.36. The van der Waals surface area contributed by atoms with Crippen LogP contribution in [0.1, 0.15) is 0 Å².